The maximum Gasteiger partial charge on any atom is 0.573 e. The molecule has 0 spiro atoms. The van der Waals surface area contributed by atoms with E-state index in [-0.39, 0.29) is 42.2 Å². The summed E-state index contributed by atoms with van der Waals surface area (Å²) in [5.41, 5.74) is 7.36. The maximum atomic E-state index is 12.1. The second-order valence-electron chi connectivity index (χ2n) is 5.40. The molecule has 154 valence electrons. The number of methoxy groups -OCH3 is 2. The van der Waals surface area contributed by atoms with Crippen molar-refractivity contribution in [3.8, 4) is 17.2 Å². The number of nitrogens with two attached hydrogens (primary N) is 1. The van der Waals surface area contributed by atoms with E-state index in [1.54, 1.807) is 20.3 Å². The summed E-state index contributed by atoms with van der Waals surface area (Å²) >= 11 is 0. The first kappa shape index (κ1) is 23.7. The van der Waals surface area contributed by atoms with Crippen LogP contribution in [0.1, 0.15) is 11.1 Å². The number of nitrogens with one attached hydrogen (secondary N) is 1. The van der Waals surface area contributed by atoms with E-state index in [0.717, 1.165) is 5.56 Å². The van der Waals surface area contributed by atoms with Crippen molar-refractivity contribution in [2.24, 2.45) is 10.7 Å². The molecule has 0 amide bonds. The van der Waals surface area contributed by atoms with Gasteiger partial charge in [0.1, 0.15) is 5.75 Å². The van der Waals surface area contributed by atoms with Crippen LogP contribution in [0.15, 0.2) is 47.5 Å². The first-order chi connectivity index (χ1) is 12.8. The average Bonchev–Trinajstić information content (AvgIpc) is 2.64. The fraction of sp³-hybridized carbons (Fsp3) is 0.278. The lowest BCUT2D eigenvalue weighted by molar-refractivity contribution is -0.274. The predicted octanol–water partition coefficient (Wildman–Crippen LogP) is 3.82. The Morgan fingerprint density at radius 1 is 1.07 bits per heavy atom. The van der Waals surface area contributed by atoms with Gasteiger partial charge in [-0.25, -0.2) is 4.99 Å². The first-order valence-corrected chi connectivity index (χ1v) is 7.90. The van der Waals surface area contributed by atoms with Gasteiger partial charge in [-0.1, -0.05) is 24.3 Å². The molecule has 3 N–H and O–H groups in total. The van der Waals surface area contributed by atoms with E-state index in [0.29, 0.717) is 23.6 Å². The Kier molecular flexibility index (Phi) is 9.16. The number of nitrogens with zero attached hydrogens (tertiary/aromatic N) is 1. The second-order valence-corrected chi connectivity index (χ2v) is 5.40. The summed E-state index contributed by atoms with van der Waals surface area (Å²) < 4.78 is 50.8. The number of benzene rings is 2. The van der Waals surface area contributed by atoms with Gasteiger partial charge in [0, 0.05) is 12.1 Å². The minimum absolute atomic E-state index is 0. The molecule has 0 bridgehead atoms. The van der Waals surface area contributed by atoms with Crippen molar-refractivity contribution in [3.05, 3.63) is 53.6 Å². The highest BCUT2D eigenvalue weighted by molar-refractivity contribution is 14.0. The third kappa shape index (κ3) is 7.33. The number of para-hydroxylation sites is 1. The molecule has 0 aliphatic heterocycles. The SMILES string of the molecule is COc1cccc(CNC(N)=NCc2ccc(OC(F)(F)F)cc2)c1OC.I. The zero-order valence-electron chi connectivity index (χ0n) is 15.2. The monoisotopic (exact) mass is 511 g/mol. The Morgan fingerprint density at radius 3 is 2.32 bits per heavy atom. The lowest BCUT2D eigenvalue weighted by Crippen LogP contribution is -2.31. The smallest absolute Gasteiger partial charge is 0.493 e. The molecule has 28 heavy (non-hydrogen) atoms. The average molecular weight is 511 g/mol. The summed E-state index contributed by atoms with van der Waals surface area (Å²) in [5, 5.41) is 2.96. The van der Waals surface area contributed by atoms with Gasteiger partial charge in [0.15, 0.2) is 17.5 Å². The van der Waals surface area contributed by atoms with Crippen LogP contribution in [0.3, 0.4) is 0 Å². The molecule has 2 aromatic rings. The van der Waals surface area contributed by atoms with Crippen molar-refractivity contribution in [2.75, 3.05) is 14.2 Å². The van der Waals surface area contributed by atoms with E-state index in [1.165, 1.54) is 24.3 Å². The number of aliphatic imine (C=N–C) groups is 1. The van der Waals surface area contributed by atoms with Gasteiger partial charge in [-0.05, 0) is 23.8 Å². The quantitative estimate of drug-likeness (QED) is 0.336. The molecular formula is C18H21F3IN3O3. The van der Waals surface area contributed by atoms with Gasteiger partial charge in [0.2, 0.25) is 0 Å². The van der Waals surface area contributed by atoms with E-state index in [2.05, 4.69) is 15.0 Å². The van der Waals surface area contributed by atoms with Crippen molar-refractivity contribution in [1.29, 1.82) is 0 Å². The molecule has 0 saturated carbocycles. The van der Waals surface area contributed by atoms with Crippen LogP contribution in [0.5, 0.6) is 17.2 Å². The molecule has 2 aromatic carbocycles. The topological polar surface area (TPSA) is 78.1 Å². The van der Waals surface area contributed by atoms with Crippen LogP contribution in [0.25, 0.3) is 0 Å². The maximum absolute atomic E-state index is 12.1. The predicted molar refractivity (Wildman–Crippen MR) is 110 cm³/mol. The van der Waals surface area contributed by atoms with Crippen LogP contribution in [-0.4, -0.2) is 26.5 Å². The molecule has 0 aromatic heterocycles. The Balaban J connectivity index is 0.00000392. The molecule has 0 radical (unpaired) electrons. The van der Waals surface area contributed by atoms with E-state index in [9.17, 15) is 13.2 Å². The number of guanidine groups is 1. The molecule has 0 aliphatic carbocycles. The van der Waals surface area contributed by atoms with Crippen molar-refractivity contribution < 1.29 is 27.4 Å². The van der Waals surface area contributed by atoms with E-state index < -0.39 is 6.36 Å². The number of alkyl halides is 3. The van der Waals surface area contributed by atoms with E-state index in [4.69, 9.17) is 15.2 Å². The molecule has 0 unspecified atom stereocenters. The molecule has 10 heteroatoms. The highest BCUT2D eigenvalue weighted by Crippen LogP contribution is 2.30. The van der Waals surface area contributed by atoms with Crippen LogP contribution in [0, 0.1) is 0 Å². The van der Waals surface area contributed by atoms with Crippen molar-refractivity contribution in [1.82, 2.24) is 5.32 Å². The van der Waals surface area contributed by atoms with E-state index in [1.807, 2.05) is 12.1 Å². The minimum atomic E-state index is -4.71. The molecule has 2 rings (SSSR count). The van der Waals surface area contributed by atoms with Crippen LogP contribution in [-0.2, 0) is 13.1 Å². The number of hydrogen-bond donors (Lipinski definition) is 2. The van der Waals surface area contributed by atoms with Gasteiger partial charge in [0.25, 0.3) is 0 Å². The van der Waals surface area contributed by atoms with Crippen LogP contribution < -0.4 is 25.3 Å². The zero-order chi connectivity index (χ0) is 19.9. The molecule has 0 heterocycles. The first-order valence-electron chi connectivity index (χ1n) is 7.90. The Morgan fingerprint density at radius 2 is 1.75 bits per heavy atom. The lowest BCUT2D eigenvalue weighted by atomic mass is 10.2. The number of halogens is 4. The number of ether oxygens (including phenoxy) is 3. The summed E-state index contributed by atoms with van der Waals surface area (Å²) in [6.07, 6.45) is -4.71. The molecule has 0 aliphatic rings. The summed E-state index contributed by atoms with van der Waals surface area (Å²) in [6, 6.07) is 10.9. The fourth-order valence-corrected chi connectivity index (χ4v) is 2.31. The van der Waals surface area contributed by atoms with Gasteiger partial charge in [-0.3, -0.25) is 0 Å². The Labute approximate surface area is 177 Å². The summed E-state index contributed by atoms with van der Waals surface area (Å²) in [5.74, 6) is 1.11. The van der Waals surface area contributed by atoms with E-state index >= 15 is 0 Å². The molecule has 0 fully saturated rings. The van der Waals surface area contributed by atoms with Gasteiger partial charge in [-0.2, -0.15) is 0 Å². The Bertz CT molecular complexity index is 784. The van der Waals surface area contributed by atoms with Gasteiger partial charge in [-0.15, -0.1) is 37.1 Å². The second kappa shape index (κ2) is 10.8. The van der Waals surface area contributed by atoms with Crippen LogP contribution in [0.4, 0.5) is 13.2 Å². The molecule has 6 nitrogen and oxygen atoms in total. The number of rotatable bonds is 7. The summed E-state index contributed by atoms with van der Waals surface area (Å²) in [7, 11) is 3.10. The van der Waals surface area contributed by atoms with Crippen molar-refractivity contribution in [2.45, 2.75) is 19.5 Å². The Hall–Kier alpha value is -2.37. The van der Waals surface area contributed by atoms with Crippen molar-refractivity contribution >= 4 is 29.9 Å². The normalized spacial score (nSPS) is 11.4. The standard InChI is InChI=1S/C18H20F3N3O3.HI/c1-25-15-5-3-4-13(16(15)26-2)11-24-17(22)23-10-12-6-8-14(9-7-12)27-18(19,20)21;/h3-9H,10-11H2,1-2H3,(H3,22,23,24);1H. The van der Waals surface area contributed by atoms with Gasteiger partial charge >= 0.3 is 6.36 Å². The molecule has 0 saturated heterocycles. The van der Waals surface area contributed by atoms with Crippen LogP contribution >= 0.6 is 24.0 Å². The highest BCUT2D eigenvalue weighted by atomic mass is 127. The molecule has 0 atom stereocenters. The minimum Gasteiger partial charge on any atom is -0.493 e. The van der Waals surface area contributed by atoms with Crippen LogP contribution in [0.2, 0.25) is 0 Å². The number of hydrogen-bond acceptors (Lipinski definition) is 4. The molecular weight excluding hydrogens is 490 g/mol. The third-order valence-corrected chi connectivity index (χ3v) is 3.53. The largest absolute Gasteiger partial charge is 0.573 e. The zero-order valence-corrected chi connectivity index (χ0v) is 17.6. The van der Waals surface area contributed by atoms with Gasteiger partial charge in [0.05, 0.1) is 20.8 Å². The van der Waals surface area contributed by atoms with Crippen molar-refractivity contribution in [3.63, 3.8) is 0 Å². The summed E-state index contributed by atoms with van der Waals surface area (Å²) in [4.78, 5) is 4.16. The van der Waals surface area contributed by atoms with Gasteiger partial charge < -0.3 is 25.3 Å². The lowest BCUT2D eigenvalue weighted by Gasteiger charge is -2.13. The fourth-order valence-electron chi connectivity index (χ4n) is 2.31. The third-order valence-electron chi connectivity index (χ3n) is 3.53. The summed E-state index contributed by atoms with van der Waals surface area (Å²) in [6.45, 7) is 0.578. The highest BCUT2D eigenvalue weighted by Gasteiger charge is 2.30.